The van der Waals surface area contributed by atoms with Gasteiger partial charge in [-0.2, -0.15) is 0 Å². The van der Waals surface area contributed by atoms with E-state index in [0.29, 0.717) is 12.1 Å². The summed E-state index contributed by atoms with van der Waals surface area (Å²) < 4.78 is 27.3. The minimum Gasteiger partial charge on any atom is -0.354 e. The first-order valence-corrected chi connectivity index (χ1v) is 10.4. The average molecular weight is 388 g/mol. The summed E-state index contributed by atoms with van der Waals surface area (Å²) in [4.78, 5) is 18.8. The fraction of sp³-hybridized carbons (Fsp3) is 0.368. The van der Waals surface area contributed by atoms with Crippen molar-refractivity contribution in [2.45, 2.75) is 31.2 Å². The van der Waals surface area contributed by atoms with E-state index in [1.165, 1.54) is 0 Å². The zero-order valence-electron chi connectivity index (χ0n) is 15.5. The molecule has 2 heterocycles. The van der Waals surface area contributed by atoms with Crippen LogP contribution in [0.3, 0.4) is 0 Å². The molecule has 1 aliphatic heterocycles. The van der Waals surface area contributed by atoms with Crippen molar-refractivity contribution in [2.24, 2.45) is 0 Å². The van der Waals surface area contributed by atoms with Gasteiger partial charge in [0.1, 0.15) is 5.82 Å². The van der Waals surface area contributed by atoms with Gasteiger partial charge in [0.05, 0.1) is 11.4 Å². The lowest BCUT2D eigenvalue weighted by atomic mass is 10.2. The van der Waals surface area contributed by atoms with Crippen LogP contribution < -0.4 is 14.9 Å². The molecule has 2 N–H and O–H groups in total. The second kappa shape index (κ2) is 8.06. The van der Waals surface area contributed by atoms with Gasteiger partial charge in [-0.3, -0.25) is 4.79 Å². The molecule has 0 saturated carbocycles. The average Bonchev–Trinajstić information content (AvgIpc) is 3.11. The highest BCUT2D eigenvalue weighted by atomic mass is 32.2. The van der Waals surface area contributed by atoms with Gasteiger partial charge < -0.3 is 10.2 Å². The molecule has 0 unspecified atom stereocenters. The maximum Gasteiger partial charge on any atom is 0.241 e. The van der Waals surface area contributed by atoms with E-state index in [9.17, 15) is 13.2 Å². The Kier molecular flexibility index (Phi) is 5.76. The smallest absolute Gasteiger partial charge is 0.241 e. The maximum atomic E-state index is 12.5. The molecule has 1 aromatic heterocycles. The molecule has 0 spiro atoms. The van der Waals surface area contributed by atoms with Crippen LogP contribution in [0.4, 0.5) is 5.82 Å². The first kappa shape index (κ1) is 19.3. The molecule has 8 heteroatoms. The second-order valence-corrected chi connectivity index (χ2v) is 8.52. The van der Waals surface area contributed by atoms with Crippen LogP contribution in [0.25, 0.3) is 0 Å². The summed E-state index contributed by atoms with van der Waals surface area (Å²) in [6.45, 7) is 4.75. The molecule has 2 aromatic rings. The minimum atomic E-state index is -3.73. The van der Waals surface area contributed by atoms with Crippen LogP contribution in [0, 0.1) is 13.8 Å². The quantitative estimate of drug-likeness (QED) is 0.780. The highest BCUT2D eigenvalue weighted by Crippen LogP contribution is 2.18. The van der Waals surface area contributed by atoms with E-state index < -0.39 is 10.0 Å². The van der Waals surface area contributed by atoms with Gasteiger partial charge in [0.25, 0.3) is 0 Å². The third kappa shape index (κ3) is 4.84. The van der Waals surface area contributed by atoms with E-state index in [0.717, 1.165) is 24.3 Å². The van der Waals surface area contributed by atoms with Gasteiger partial charge >= 0.3 is 0 Å². The van der Waals surface area contributed by atoms with Crippen molar-refractivity contribution >= 4 is 21.7 Å². The number of rotatable bonds is 6. The Morgan fingerprint density at radius 3 is 2.81 bits per heavy atom. The predicted octanol–water partition coefficient (Wildman–Crippen LogP) is 1.37. The molecular weight excluding hydrogens is 364 g/mol. The number of anilines is 1. The monoisotopic (exact) mass is 388 g/mol. The zero-order chi connectivity index (χ0) is 19.4. The largest absolute Gasteiger partial charge is 0.354 e. The van der Waals surface area contributed by atoms with Crippen molar-refractivity contribution in [3.8, 4) is 0 Å². The van der Waals surface area contributed by atoms with Gasteiger partial charge in [-0.05, 0) is 49.6 Å². The first-order chi connectivity index (χ1) is 12.8. The van der Waals surface area contributed by atoms with Crippen LogP contribution in [0.5, 0.6) is 0 Å². The molecule has 1 amide bonds. The maximum absolute atomic E-state index is 12.5. The molecule has 0 aliphatic carbocycles. The molecule has 27 heavy (non-hydrogen) atoms. The Bertz CT molecular complexity index is 916. The predicted molar refractivity (Wildman–Crippen MR) is 104 cm³/mol. The van der Waals surface area contributed by atoms with Crippen LogP contribution in [-0.2, 0) is 14.8 Å². The second-order valence-electron chi connectivity index (χ2n) is 6.78. The highest BCUT2D eigenvalue weighted by molar-refractivity contribution is 7.89. The highest BCUT2D eigenvalue weighted by Gasteiger charge is 2.25. The summed E-state index contributed by atoms with van der Waals surface area (Å²) in [6, 6.07) is 10.9. The Morgan fingerprint density at radius 2 is 2.07 bits per heavy atom. The Hall–Kier alpha value is -2.45. The lowest BCUT2D eigenvalue weighted by molar-refractivity contribution is -0.120. The SMILES string of the molecule is Cc1ccc(C)c(S(=O)(=O)NCC(=O)N[C@@H]2CCN(c3ccccn3)C2)c1. The summed E-state index contributed by atoms with van der Waals surface area (Å²) in [5.74, 6) is 0.543. The van der Waals surface area contributed by atoms with Crippen LogP contribution in [0.1, 0.15) is 17.5 Å². The molecular formula is C19H24N4O3S. The number of hydrogen-bond acceptors (Lipinski definition) is 5. The number of aryl methyl sites for hydroxylation is 2. The molecule has 7 nitrogen and oxygen atoms in total. The normalized spacial score (nSPS) is 17.1. The fourth-order valence-corrected chi connectivity index (χ4v) is 4.45. The van der Waals surface area contributed by atoms with E-state index in [4.69, 9.17) is 0 Å². The molecule has 1 fully saturated rings. The summed E-state index contributed by atoms with van der Waals surface area (Å²) in [5, 5.41) is 2.89. The minimum absolute atomic E-state index is 0.0234. The molecule has 0 bridgehead atoms. The Labute approximate surface area is 159 Å². The summed E-state index contributed by atoms with van der Waals surface area (Å²) in [6.07, 6.45) is 2.54. The number of sulfonamides is 1. The van der Waals surface area contributed by atoms with Crippen molar-refractivity contribution in [3.05, 3.63) is 53.7 Å². The third-order valence-electron chi connectivity index (χ3n) is 4.58. The van der Waals surface area contributed by atoms with Crippen molar-refractivity contribution in [3.63, 3.8) is 0 Å². The van der Waals surface area contributed by atoms with Crippen LogP contribution in [0.2, 0.25) is 0 Å². The number of nitrogens with zero attached hydrogens (tertiary/aromatic N) is 2. The van der Waals surface area contributed by atoms with Gasteiger partial charge in [0, 0.05) is 25.3 Å². The number of benzene rings is 1. The first-order valence-electron chi connectivity index (χ1n) is 8.87. The van der Waals surface area contributed by atoms with Gasteiger partial charge in [-0.25, -0.2) is 18.1 Å². The lowest BCUT2D eigenvalue weighted by Gasteiger charge is -2.18. The molecule has 1 atom stereocenters. The van der Waals surface area contributed by atoms with Crippen molar-refractivity contribution in [1.29, 1.82) is 0 Å². The van der Waals surface area contributed by atoms with E-state index in [1.54, 1.807) is 25.3 Å². The summed E-state index contributed by atoms with van der Waals surface area (Å²) in [7, 11) is -3.73. The number of hydrogen-bond donors (Lipinski definition) is 2. The van der Waals surface area contributed by atoms with Crippen LogP contribution in [-0.4, -0.2) is 45.0 Å². The molecule has 0 radical (unpaired) electrons. The molecule has 1 aliphatic rings. The van der Waals surface area contributed by atoms with Crippen molar-refractivity contribution < 1.29 is 13.2 Å². The number of carbonyl (C=O) groups is 1. The van der Waals surface area contributed by atoms with E-state index >= 15 is 0 Å². The number of nitrogens with one attached hydrogen (secondary N) is 2. The molecule has 1 saturated heterocycles. The topological polar surface area (TPSA) is 91.4 Å². The zero-order valence-corrected chi connectivity index (χ0v) is 16.3. The van der Waals surface area contributed by atoms with E-state index in [-0.39, 0.29) is 23.4 Å². The van der Waals surface area contributed by atoms with Gasteiger partial charge in [-0.15, -0.1) is 0 Å². The van der Waals surface area contributed by atoms with Crippen LogP contribution >= 0.6 is 0 Å². The number of aromatic nitrogens is 1. The van der Waals surface area contributed by atoms with Crippen LogP contribution in [0.15, 0.2) is 47.5 Å². The lowest BCUT2D eigenvalue weighted by Crippen LogP contribution is -2.43. The number of carbonyl (C=O) groups excluding carboxylic acids is 1. The molecule has 1 aromatic carbocycles. The van der Waals surface area contributed by atoms with Gasteiger partial charge in [0.2, 0.25) is 15.9 Å². The molecule has 144 valence electrons. The van der Waals surface area contributed by atoms with Gasteiger partial charge in [-0.1, -0.05) is 18.2 Å². The van der Waals surface area contributed by atoms with E-state index in [2.05, 4.69) is 19.9 Å². The Morgan fingerprint density at radius 1 is 1.26 bits per heavy atom. The molecule has 3 rings (SSSR count). The third-order valence-corrected chi connectivity index (χ3v) is 6.13. The standard InChI is InChI=1S/C19H24N4O3S/c1-14-6-7-15(2)17(11-14)27(25,26)21-12-19(24)22-16-8-10-23(13-16)18-5-3-4-9-20-18/h3-7,9,11,16,21H,8,10,12-13H2,1-2H3,(H,22,24)/t16-/m1/s1. The van der Waals surface area contributed by atoms with Gasteiger partial charge in [0.15, 0.2) is 0 Å². The Balaban J connectivity index is 1.53. The number of pyridine rings is 1. The van der Waals surface area contributed by atoms with E-state index in [1.807, 2.05) is 31.2 Å². The number of amides is 1. The van der Waals surface area contributed by atoms with Crippen molar-refractivity contribution in [2.75, 3.05) is 24.5 Å². The summed E-state index contributed by atoms with van der Waals surface area (Å²) in [5.41, 5.74) is 1.50. The van der Waals surface area contributed by atoms with Crippen molar-refractivity contribution in [1.82, 2.24) is 15.0 Å². The summed E-state index contributed by atoms with van der Waals surface area (Å²) >= 11 is 0. The fourth-order valence-electron chi connectivity index (χ4n) is 3.14.